The van der Waals surface area contributed by atoms with E-state index in [-0.39, 0.29) is 37.5 Å². The predicted octanol–water partition coefficient (Wildman–Crippen LogP) is 8.25. The maximum Gasteiger partial charge on any atom is 0 e. The molecule has 2 heterocycles. The first kappa shape index (κ1) is 32.3. The Hall–Kier alpha value is -3.19. The molecule has 2 aromatic heterocycles. The minimum absolute atomic E-state index is 0. The summed E-state index contributed by atoms with van der Waals surface area (Å²) < 4.78 is 17.1. The Morgan fingerprint density at radius 2 is 1.61 bits per heavy atom. The van der Waals surface area contributed by atoms with Gasteiger partial charge in [0, 0.05) is 26.2 Å². The second-order valence-corrected chi connectivity index (χ2v) is 21.8. The van der Waals surface area contributed by atoms with Crippen molar-refractivity contribution >= 4 is 45.1 Å². The van der Waals surface area contributed by atoms with Crippen LogP contribution in [0.3, 0.4) is 0 Å². The number of allylic oxidation sites excluding steroid dienone is 2. The minimum atomic E-state index is -1.91. The van der Waals surface area contributed by atoms with Crippen molar-refractivity contribution < 1.29 is 34.4 Å². The summed E-state index contributed by atoms with van der Waals surface area (Å²) in [6, 6.07) is 21.8. The van der Waals surface area contributed by atoms with Crippen LogP contribution in [0.2, 0.25) is 17.3 Å². The van der Waals surface area contributed by atoms with Crippen molar-refractivity contribution in [3.8, 4) is 22.4 Å². The third kappa shape index (κ3) is 7.56. The van der Waals surface area contributed by atoms with Crippen molar-refractivity contribution in [3.63, 3.8) is 0 Å². The first-order chi connectivity index (χ1) is 18.8. The molecule has 0 aliphatic heterocycles. The summed E-state index contributed by atoms with van der Waals surface area (Å²) in [6.45, 7) is 6.95. The molecular weight excluding hydrogens is 752 g/mol. The van der Waals surface area contributed by atoms with E-state index in [4.69, 9.17) is 5.11 Å². The van der Waals surface area contributed by atoms with Crippen molar-refractivity contribution in [1.82, 2.24) is 9.97 Å². The number of carbonyl (C=O) groups excluding carboxylic acids is 1. The van der Waals surface area contributed by atoms with E-state index in [0.717, 1.165) is 44.1 Å². The number of pyridine rings is 2. The number of carbonyl (C=O) groups is 1. The number of hydrogen-bond acceptors (Lipinski definition) is 4. The van der Waals surface area contributed by atoms with E-state index in [9.17, 15) is 4.79 Å². The number of aryl methyl sites for hydroxylation is 2. The molecule has 4 nitrogen and oxygen atoms in total. The number of aliphatic hydroxyl groups is 1. The number of ketones is 1. The summed E-state index contributed by atoms with van der Waals surface area (Å²) in [7, 11) is 0. The molecule has 213 valence electrons. The number of halogens is 1. The maximum absolute atomic E-state index is 15.7. The van der Waals surface area contributed by atoms with Gasteiger partial charge in [-0.1, -0.05) is 13.8 Å². The molecule has 3 aromatic carbocycles. The Balaban J connectivity index is 0.000000516. The Morgan fingerprint density at radius 1 is 0.927 bits per heavy atom. The molecule has 0 atom stereocenters. The zero-order valence-electron chi connectivity index (χ0n) is 24.4. The Morgan fingerprint density at radius 3 is 2.17 bits per heavy atom. The Kier molecular flexibility index (Phi) is 10.4. The first-order valence-corrected chi connectivity index (χ1v) is 20.5. The molecule has 0 unspecified atom stereocenters. The van der Waals surface area contributed by atoms with Gasteiger partial charge in [-0.15, -0.1) is 29.3 Å². The van der Waals surface area contributed by atoms with Crippen LogP contribution < -0.4 is 4.40 Å². The zero-order valence-corrected chi connectivity index (χ0v) is 28.9. The van der Waals surface area contributed by atoms with E-state index in [2.05, 4.69) is 64.5 Å². The molecule has 5 aromatic rings. The summed E-state index contributed by atoms with van der Waals surface area (Å²) in [6.07, 6.45) is 4.69. The fraction of sp³-hybridized carbons (Fsp3) is 0.206. The normalized spacial score (nSPS) is 11.6. The summed E-state index contributed by atoms with van der Waals surface area (Å²) in [5.41, 5.74) is 5.83. The molecule has 0 aliphatic carbocycles. The second-order valence-electron chi connectivity index (χ2n) is 11.2. The quantitative estimate of drug-likeness (QED) is 0.0656. The summed E-state index contributed by atoms with van der Waals surface area (Å²) in [5, 5.41) is 11.0. The molecule has 41 heavy (non-hydrogen) atoms. The van der Waals surface area contributed by atoms with Gasteiger partial charge in [0.15, 0.2) is 5.78 Å². The van der Waals surface area contributed by atoms with Gasteiger partial charge in [0.2, 0.25) is 0 Å². The minimum Gasteiger partial charge on any atom is -0.140 e. The monoisotopic (exact) mass is 788 g/mol. The standard InChI is InChI=1S/C29H26FGeN2.C5H8O2.Ir/c1-18-14-19(2)16-21(15-18)28-26-17-33-29-25(24(26)12-13-32-28)11-10-23(27(29)30)20-6-8-22(9-7-20)31(3,4)5;1-4(6)3-5(2)7;/h6-15,17H,1-5H3;3,6H,1-2H3;/q-1;;/b;4-3-;. The van der Waals surface area contributed by atoms with Crippen LogP contribution in [-0.4, -0.2) is 34.1 Å². The second kappa shape index (κ2) is 13.2. The van der Waals surface area contributed by atoms with E-state index in [1.165, 1.54) is 24.3 Å². The molecule has 7 heteroatoms. The average Bonchev–Trinajstić information content (AvgIpc) is 2.87. The molecule has 0 saturated heterocycles. The van der Waals surface area contributed by atoms with Crippen LogP contribution in [0.4, 0.5) is 4.39 Å². The van der Waals surface area contributed by atoms with Gasteiger partial charge < -0.3 is 5.11 Å². The molecule has 5 rings (SSSR count). The number of aliphatic hydroxyl groups excluding tert-OH is 1. The molecule has 1 N–H and O–H groups in total. The van der Waals surface area contributed by atoms with Crippen molar-refractivity contribution in [2.24, 2.45) is 0 Å². The van der Waals surface area contributed by atoms with E-state index in [0.29, 0.717) is 11.1 Å². The first-order valence-electron chi connectivity index (χ1n) is 13.2. The molecule has 1 radical (unpaired) electrons. The number of aromatic nitrogens is 2. The predicted molar refractivity (Wildman–Crippen MR) is 166 cm³/mol. The largest absolute Gasteiger partial charge is 0.140 e. The topological polar surface area (TPSA) is 63.1 Å². The molecule has 0 bridgehead atoms. The number of hydrogen-bond donors (Lipinski definition) is 1. The smallest absolute Gasteiger partial charge is 0 e. The molecule has 0 fully saturated rings. The van der Waals surface area contributed by atoms with Crippen LogP contribution >= 0.6 is 0 Å². The summed E-state index contributed by atoms with van der Waals surface area (Å²) in [4.78, 5) is 19.2. The fourth-order valence-corrected chi connectivity index (χ4v) is 7.23. The molecule has 0 spiro atoms. The van der Waals surface area contributed by atoms with E-state index in [1.54, 1.807) is 12.4 Å². The van der Waals surface area contributed by atoms with Gasteiger partial charge in [-0.05, 0) is 13.8 Å². The van der Waals surface area contributed by atoms with Gasteiger partial charge in [0.1, 0.15) is 0 Å². The molecule has 0 aliphatic rings. The van der Waals surface area contributed by atoms with Gasteiger partial charge in [-0.2, -0.15) is 0 Å². The van der Waals surface area contributed by atoms with Gasteiger partial charge in [-0.25, -0.2) is 0 Å². The van der Waals surface area contributed by atoms with Gasteiger partial charge in [-0.3, -0.25) is 4.79 Å². The fourth-order valence-electron chi connectivity index (χ4n) is 4.78. The van der Waals surface area contributed by atoms with Gasteiger partial charge in [0.25, 0.3) is 0 Å². The van der Waals surface area contributed by atoms with Crippen molar-refractivity contribution in [2.75, 3.05) is 0 Å². The van der Waals surface area contributed by atoms with Crippen LogP contribution in [0.5, 0.6) is 0 Å². The van der Waals surface area contributed by atoms with Crippen LogP contribution in [0.15, 0.2) is 78.8 Å². The maximum atomic E-state index is 15.7. The third-order valence-corrected chi connectivity index (χ3v) is 10.9. The number of fused-ring (bicyclic) bond motifs is 3. The van der Waals surface area contributed by atoms with E-state index < -0.39 is 13.3 Å². The number of rotatable bonds is 4. The molecule has 0 amide bonds. The Labute approximate surface area is 257 Å². The Bertz CT molecular complexity index is 1740. The van der Waals surface area contributed by atoms with Crippen LogP contribution in [-0.2, 0) is 24.9 Å². The van der Waals surface area contributed by atoms with E-state index >= 15 is 4.39 Å². The SMILES string of the molecule is CC(=O)/C=C(/C)O.Cc1[c-]c(-c2nccc3c2cnc2c(F)c(-c4cc[c]([Ge]([CH3])([CH3])[CH3])cc4)ccc23)cc(C)c1.[Ir]. The van der Waals surface area contributed by atoms with Crippen molar-refractivity contribution in [1.29, 1.82) is 0 Å². The molecule has 0 saturated carbocycles. The van der Waals surface area contributed by atoms with E-state index in [1.807, 2.05) is 37.3 Å². The average molecular weight is 786 g/mol. The van der Waals surface area contributed by atoms with Crippen LogP contribution in [0.25, 0.3) is 44.1 Å². The summed E-state index contributed by atoms with van der Waals surface area (Å²) in [5.74, 6) is 6.74. The summed E-state index contributed by atoms with van der Waals surface area (Å²) >= 11 is -1.91. The number of benzene rings is 3. The van der Waals surface area contributed by atoms with Crippen molar-refractivity contribution in [2.45, 2.75) is 45.0 Å². The number of nitrogens with zero attached hydrogens (tertiary/aromatic N) is 2. The van der Waals surface area contributed by atoms with Gasteiger partial charge in [0.05, 0.1) is 5.76 Å². The van der Waals surface area contributed by atoms with Crippen LogP contribution in [0.1, 0.15) is 25.0 Å². The van der Waals surface area contributed by atoms with Gasteiger partial charge >= 0.3 is 154 Å². The van der Waals surface area contributed by atoms with Crippen LogP contribution in [0, 0.1) is 25.7 Å². The third-order valence-electron chi connectivity index (χ3n) is 6.60. The zero-order chi connectivity index (χ0) is 29.2. The molecular formula is C34H34FGeIrN2O2-. The van der Waals surface area contributed by atoms with Crippen molar-refractivity contribution in [3.05, 3.63) is 102 Å².